The van der Waals surface area contributed by atoms with Gasteiger partial charge in [0.2, 0.25) is 5.91 Å². The van der Waals surface area contributed by atoms with Gasteiger partial charge in [0.1, 0.15) is 5.82 Å². The van der Waals surface area contributed by atoms with Crippen molar-refractivity contribution in [2.24, 2.45) is 11.8 Å². The SMILES string of the molecule is Cc1nn(-c2ccc(F)cc2)c(C)c1CC(=O)N1CC[C@@H]2CNC[C@@H]2CC1.Cl. The molecule has 2 aliphatic heterocycles. The van der Waals surface area contributed by atoms with Crippen LogP contribution in [0.5, 0.6) is 0 Å². The maximum atomic E-state index is 13.2. The van der Waals surface area contributed by atoms with E-state index in [9.17, 15) is 9.18 Å². The van der Waals surface area contributed by atoms with E-state index in [1.165, 1.54) is 12.1 Å². The lowest BCUT2D eigenvalue weighted by Crippen LogP contribution is -2.34. The molecule has 2 atom stereocenters. The Hall–Kier alpha value is -1.92. The minimum absolute atomic E-state index is 0. The van der Waals surface area contributed by atoms with Crippen molar-refractivity contribution in [1.29, 1.82) is 0 Å². The predicted octanol–water partition coefficient (Wildman–Crippen LogP) is 3.05. The summed E-state index contributed by atoms with van der Waals surface area (Å²) < 4.78 is 15.0. The molecule has 0 spiro atoms. The monoisotopic (exact) mass is 406 g/mol. The van der Waals surface area contributed by atoms with E-state index in [1.807, 2.05) is 18.7 Å². The van der Waals surface area contributed by atoms with Gasteiger partial charge in [0.25, 0.3) is 0 Å². The van der Waals surface area contributed by atoms with Crippen LogP contribution in [0.15, 0.2) is 24.3 Å². The summed E-state index contributed by atoms with van der Waals surface area (Å²) in [6, 6.07) is 6.28. The normalized spacial score (nSPS) is 21.8. The van der Waals surface area contributed by atoms with Crippen molar-refractivity contribution >= 4 is 18.3 Å². The van der Waals surface area contributed by atoms with Gasteiger partial charge in [-0.1, -0.05) is 0 Å². The van der Waals surface area contributed by atoms with E-state index in [0.717, 1.165) is 61.7 Å². The quantitative estimate of drug-likeness (QED) is 0.852. The molecule has 0 bridgehead atoms. The van der Waals surface area contributed by atoms with Crippen LogP contribution in [0.2, 0.25) is 0 Å². The molecule has 28 heavy (non-hydrogen) atoms. The minimum Gasteiger partial charge on any atom is -0.342 e. The second-order valence-corrected chi connectivity index (χ2v) is 7.85. The van der Waals surface area contributed by atoms with E-state index in [4.69, 9.17) is 0 Å². The molecule has 5 nitrogen and oxygen atoms in total. The van der Waals surface area contributed by atoms with E-state index < -0.39 is 0 Å². The molecule has 2 fully saturated rings. The molecule has 0 saturated carbocycles. The molecular formula is C21H28ClFN4O. The highest BCUT2D eigenvalue weighted by Crippen LogP contribution is 2.28. The van der Waals surface area contributed by atoms with Gasteiger partial charge in [-0.05, 0) is 75.9 Å². The number of aryl methyl sites for hydroxylation is 1. The van der Waals surface area contributed by atoms with Crippen molar-refractivity contribution in [2.75, 3.05) is 26.2 Å². The maximum absolute atomic E-state index is 13.2. The number of carbonyl (C=O) groups excluding carboxylic acids is 1. The van der Waals surface area contributed by atoms with Crippen LogP contribution in [0.4, 0.5) is 4.39 Å². The zero-order valence-corrected chi connectivity index (χ0v) is 17.3. The average Bonchev–Trinajstić information content (AvgIpc) is 3.15. The summed E-state index contributed by atoms with van der Waals surface area (Å²) in [4.78, 5) is 15.0. The van der Waals surface area contributed by atoms with Gasteiger partial charge in [-0.2, -0.15) is 5.10 Å². The number of aromatic nitrogens is 2. The van der Waals surface area contributed by atoms with Crippen LogP contribution in [0.25, 0.3) is 5.69 Å². The number of rotatable bonds is 3. The second-order valence-electron chi connectivity index (χ2n) is 7.85. The van der Waals surface area contributed by atoms with Crippen LogP contribution in [-0.4, -0.2) is 46.8 Å². The Bertz CT molecular complexity index is 822. The number of halogens is 2. The molecule has 1 aromatic heterocycles. The summed E-state index contributed by atoms with van der Waals surface area (Å²) in [5.41, 5.74) is 3.60. The molecule has 7 heteroatoms. The summed E-state index contributed by atoms with van der Waals surface area (Å²) in [6.07, 6.45) is 2.57. The van der Waals surface area contributed by atoms with Crippen LogP contribution in [0, 0.1) is 31.5 Å². The predicted molar refractivity (Wildman–Crippen MR) is 110 cm³/mol. The first-order chi connectivity index (χ1) is 13.0. The van der Waals surface area contributed by atoms with Crippen LogP contribution >= 0.6 is 12.4 Å². The Morgan fingerprint density at radius 3 is 2.36 bits per heavy atom. The number of hydrogen-bond acceptors (Lipinski definition) is 3. The molecule has 4 rings (SSSR count). The van der Waals surface area contributed by atoms with E-state index in [-0.39, 0.29) is 24.1 Å². The molecule has 1 amide bonds. The Morgan fingerprint density at radius 1 is 1.14 bits per heavy atom. The number of nitrogens with one attached hydrogen (secondary N) is 1. The van der Waals surface area contributed by atoms with Gasteiger partial charge in [0.05, 0.1) is 17.8 Å². The highest BCUT2D eigenvalue weighted by molar-refractivity contribution is 5.85. The Labute approximate surface area is 171 Å². The molecular weight excluding hydrogens is 379 g/mol. The third kappa shape index (κ3) is 4.08. The molecule has 2 aliphatic rings. The highest BCUT2D eigenvalue weighted by Gasteiger charge is 2.31. The highest BCUT2D eigenvalue weighted by atomic mass is 35.5. The maximum Gasteiger partial charge on any atom is 0.227 e. The Morgan fingerprint density at radius 2 is 1.75 bits per heavy atom. The van der Waals surface area contributed by atoms with Crippen LogP contribution in [-0.2, 0) is 11.2 Å². The fourth-order valence-corrected chi connectivity index (χ4v) is 4.50. The number of amides is 1. The van der Waals surface area contributed by atoms with Crippen molar-refractivity contribution in [1.82, 2.24) is 20.0 Å². The zero-order valence-electron chi connectivity index (χ0n) is 16.4. The van der Waals surface area contributed by atoms with Gasteiger partial charge in [-0.25, -0.2) is 9.07 Å². The second kappa shape index (κ2) is 8.62. The third-order valence-electron chi connectivity index (χ3n) is 6.21. The smallest absolute Gasteiger partial charge is 0.227 e. The van der Waals surface area contributed by atoms with Gasteiger partial charge < -0.3 is 10.2 Å². The zero-order chi connectivity index (χ0) is 19.0. The van der Waals surface area contributed by atoms with Crippen molar-refractivity contribution in [3.05, 3.63) is 47.0 Å². The molecule has 0 radical (unpaired) electrons. The number of fused-ring (bicyclic) bond motifs is 1. The van der Waals surface area contributed by atoms with Crippen molar-refractivity contribution in [2.45, 2.75) is 33.1 Å². The fraction of sp³-hybridized carbons (Fsp3) is 0.524. The third-order valence-corrected chi connectivity index (χ3v) is 6.21. The molecule has 1 aromatic carbocycles. The molecule has 2 aromatic rings. The lowest BCUT2D eigenvalue weighted by molar-refractivity contribution is -0.130. The summed E-state index contributed by atoms with van der Waals surface area (Å²) in [5.74, 6) is 1.35. The Kier molecular flexibility index (Phi) is 6.40. The standard InChI is InChI=1S/C21H27FN4O.ClH/c1-14-20(15(2)26(24-14)19-5-3-18(22)4-6-19)11-21(27)25-9-7-16-12-23-13-17(16)8-10-25;/h3-6,16-17,23H,7-13H2,1-2H3;1H/t16-,17+;. The van der Waals surface area contributed by atoms with Gasteiger partial charge >= 0.3 is 0 Å². The minimum atomic E-state index is -0.267. The van der Waals surface area contributed by atoms with E-state index >= 15 is 0 Å². The first-order valence-electron chi connectivity index (χ1n) is 9.82. The average molecular weight is 407 g/mol. The van der Waals surface area contributed by atoms with Gasteiger partial charge in [0, 0.05) is 24.3 Å². The largest absolute Gasteiger partial charge is 0.342 e. The van der Waals surface area contributed by atoms with E-state index in [2.05, 4.69) is 10.4 Å². The number of likely N-dealkylation sites (tertiary alicyclic amines) is 1. The van der Waals surface area contributed by atoms with Crippen LogP contribution in [0.3, 0.4) is 0 Å². The lowest BCUT2D eigenvalue weighted by Gasteiger charge is -2.21. The number of hydrogen-bond donors (Lipinski definition) is 1. The molecule has 0 aliphatic carbocycles. The lowest BCUT2D eigenvalue weighted by atomic mass is 9.92. The summed E-state index contributed by atoms with van der Waals surface area (Å²) in [5, 5.41) is 8.06. The topological polar surface area (TPSA) is 50.2 Å². The summed E-state index contributed by atoms with van der Waals surface area (Å²) in [6.45, 7) is 7.81. The van der Waals surface area contributed by atoms with Gasteiger partial charge in [-0.15, -0.1) is 12.4 Å². The molecule has 0 unspecified atom stereocenters. The van der Waals surface area contributed by atoms with Gasteiger partial charge in [-0.3, -0.25) is 4.79 Å². The van der Waals surface area contributed by atoms with Gasteiger partial charge in [0.15, 0.2) is 0 Å². The molecule has 3 heterocycles. The molecule has 152 valence electrons. The molecule has 2 saturated heterocycles. The number of carbonyl (C=O) groups is 1. The summed E-state index contributed by atoms with van der Waals surface area (Å²) in [7, 11) is 0. The van der Waals surface area contributed by atoms with Crippen molar-refractivity contribution in [3.63, 3.8) is 0 Å². The molecule has 1 N–H and O–H groups in total. The summed E-state index contributed by atoms with van der Waals surface area (Å²) >= 11 is 0. The number of nitrogens with zero attached hydrogens (tertiary/aromatic N) is 3. The van der Waals surface area contributed by atoms with E-state index in [1.54, 1.807) is 16.8 Å². The van der Waals surface area contributed by atoms with Crippen molar-refractivity contribution < 1.29 is 9.18 Å². The van der Waals surface area contributed by atoms with Crippen LogP contribution < -0.4 is 5.32 Å². The van der Waals surface area contributed by atoms with E-state index in [0.29, 0.717) is 18.3 Å². The fourth-order valence-electron chi connectivity index (χ4n) is 4.50. The van der Waals surface area contributed by atoms with Crippen molar-refractivity contribution in [3.8, 4) is 5.69 Å². The first kappa shape index (κ1) is 20.8. The van der Waals surface area contributed by atoms with Crippen LogP contribution in [0.1, 0.15) is 29.8 Å². The Balaban J connectivity index is 0.00000225. The first-order valence-corrected chi connectivity index (χ1v) is 9.82. The number of benzene rings is 1.